The Kier molecular flexibility index (Phi) is 8.79. The van der Waals surface area contributed by atoms with Gasteiger partial charge in [-0.3, -0.25) is 10.0 Å². The van der Waals surface area contributed by atoms with Gasteiger partial charge in [0.05, 0.1) is 12.1 Å². The average molecular weight is 479 g/mol. The molecule has 3 rings (SSSR count). The Bertz CT molecular complexity index is 942. The van der Waals surface area contributed by atoms with E-state index in [9.17, 15) is 23.2 Å². The molecule has 1 amide bonds. The third kappa shape index (κ3) is 7.36. The summed E-state index contributed by atoms with van der Waals surface area (Å²) in [6.07, 6.45) is -0.692. The smallest absolute Gasteiger partial charge is 0.371 e. The van der Waals surface area contributed by atoms with Gasteiger partial charge in [0.1, 0.15) is 0 Å². The molecule has 1 aliphatic heterocycles. The highest BCUT2D eigenvalue weighted by Gasteiger charge is 2.35. The first-order chi connectivity index (χ1) is 16.1. The van der Waals surface area contributed by atoms with Crippen molar-refractivity contribution >= 4 is 23.0 Å². The Hall–Kier alpha value is -2.78. The monoisotopic (exact) mass is 478 g/mol. The van der Waals surface area contributed by atoms with Gasteiger partial charge in [-0.2, -0.15) is 13.2 Å². The van der Waals surface area contributed by atoms with Crippen LogP contribution in [0.4, 0.5) is 30.2 Å². The zero-order chi connectivity index (χ0) is 24.7. The number of carbonyl (C=O) groups excluding carboxylic acids is 1. The fourth-order valence-corrected chi connectivity index (χ4v) is 4.05. The predicted molar refractivity (Wildman–Crippen MR) is 127 cm³/mol. The third-order valence-corrected chi connectivity index (χ3v) is 5.86. The molecule has 0 atom stereocenters. The minimum atomic E-state index is -4.45. The number of hydrogen-bond acceptors (Lipinski definition) is 5. The van der Waals surface area contributed by atoms with Gasteiger partial charge in [0.25, 0.3) is 0 Å². The Morgan fingerprint density at radius 1 is 1.03 bits per heavy atom. The quantitative estimate of drug-likeness (QED) is 0.368. The highest BCUT2D eigenvalue weighted by molar-refractivity contribution is 5.75. The Morgan fingerprint density at radius 3 is 2.29 bits per heavy atom. The number of anilines is 3. The van der Waals surface area contributed by atoms with Crippen LogP contribution in [0, 0.1) is 0 Å². The second-order valence-electron chi connectivity index (χ2n) is 8.96. The molecule has 1 saturated heterocycles. The summed E-state index contributed by atoms with van der Waals surface area (Å²) in [5, 5.41) is 13.7. The fourth-order valence-electron chi connectivity index (χ4n) is 4.05. The number of hydroxylamine groups is 2. The molecule has 1 fully saturated rings. The summed E-state index contributed by atoms with van der Waals surface area (Å²) in [5.74, 6) is -0.350. The molecule has 186 valence electrons. The minimum absolute atomic E-state index is 0.0455. The van der Waals surface area contributed by atoms with Crippen LogP contribution < -0.4 is 10.2 Å². The first-order valence-corrected chi connectivity index (χ1v) is 11.6. The van der Waals surface area contributed by atoms with Crippen molar-refractivity contribution in [1.82, 2.24) is 9.96 Å². The maximum absolute atomic E-state index is 13.8. The predicted octanol–water partition coefficient (Wildman–Crippen LogP) is 5.50. The fraction of sp³-hybridized carbons (Fsp3) is 0.480. The number of amides is 1. The van der Waals surface area contributed by atoms with Gasteiger partial charge in [0.15, 0.2) is 0 Å². The summed E-state index contributed by atoms with van der Waals surface area (Å²) < 4.78 is 41.3. The Morgan fingerprint density at radius 2 is 1.68 bits per heavy atom. The van der Waals surface area contributed by atoms with Crippen molar-refractivity contribution in [2.45, 2.75) is 44.8 Å². The summed E-state index contributed by atoms with van der Waals surface area (Å²) in [6, 6.07) is 11.2. The van der Waals surface area contributed by atoms with Crippen LogP contribution in [-0.2, 0) is 17.5 Å². The van der Waals surface area contributed by atoms with E-state index in [1.54, 1.807) is 30.3 Å². The third-order valence-electron chi connectivity index (χ3n) is 5.86. The lowest BCUT2D eigenvalue weighted by atomic mass is 10.1. The second kappa shape index (κ2) is 11.6. The maximum Gasteiger partial charge on any atom is 0.418 e. The lowest BCUT2D eigenvalue weighted by Crippen LogP contribution is -2.31. The van der Waals surface area contributed by atoms with Crippen LogP contribution in [0.15, 0.2) is 42.5 Å². The van der Waals surface area contributed by atoms with Crippen LogP contribution in [0.2, 0.25) is 0 Å². The summed E-state index contributed by atoms with van der Waals surface area (Å²) in [6.45, 7) is 2.08. The molecule has 0 aliphatic carbocycles. The van der Waals surface area contributed by atoms with Gasteiger partial charge in [0, 0.05) is 36.6 Å². The molecule has 34 heavy (non-hydrogen) atoms. The number of alkyl halides is 3. The highest BCUT2D eigenvalue weighted by Crippen LogP contribution is 2.39. The topological polar surface area (TPSA) is 59.1 Å². The van der Waals surface area contributed by atoms with E-state index in [1.165, 1.54) is 6.07 Å². The zero-order valence-electron chi connectivity index (χ0n) is 19.7. The van der Waals surface area contributed by atoms with Gasteiger partial charge in [-0.05, 0) is 82.2 Å². The molecule has 9 heteroatoms. The van der Waals surface area contributed by atoms with Gasteiger partial charge >= 0.3 is 6.18 Å². The minimum Gasteiger partial charge on any atom is -0.371 e. The lowest BCUT2D eigenvalue weighted by molar-refractivity contribution is -0.168. The normalized spacial score (nSPS) is 14.4. The Balaban J connectivity index is 1.64. The number of nitrogens with one attached hydrogen (secondary N) is 1. The molecule has 1 heterocycles. The number of benzene rings is 2. The standard InChI is InChI=1S/C25H33F3N4O2/c1-30(2)14-6-7-24(33)32(34)18-19-8-10-20(11-9-19)29-21-12-13-23(22(17-21)25(26,27)28)31-15-4-3-5-16-31/h8-13,17,29,34H,3-7,14-16,18H2,1-2H3. The van der Waals surface area contributed by atoms with Crippen molar-refractivity contribution in [3.8, 4) is 0 Å². The highest BCUT2D eigenvalue weighted by atomic mass is 19.4. The molecule has 2 N–H and O–H groups in total. The number of halogens is 3. The largest absolute Gasteiger partial charge is 0.418 e. The number of hydrogen-bond donors (Lipinski definition) is 2. The lowest BCUT2D eigenvalue weighted by Gasteiger charge is -2.31. The van der Waals surface area contributed by atoms with Crippen LogP contribution in [0.25, 0.3) is 0 Å². The molecule has 2 aromatic carbocycles. The second-order valence-corrected chi connectivity index (χ2v) is 8.96. The number of nitrogens with zero attached hydrogens (tertiary/aromatic N) is 3. The van der Waals surface area contributed by atoms with Crippen molar-refractivity contribution in [2.24, 2.45) is 0 Å². The molecule has 0 saturated carbocycles. The van der Waals surface area contributed by atoms with Crippen LogP contribution in [0.1, 0.15) is 43.2 Å². The van der Waals surface area contributed by atoms with E-state index in [2.05, 4.69) is 5.32 Å². The molecular formula is C25H33F3N4O2. The summed E-state index contributed by atoms with van der Waals surface area (Å²) in [4.78, 5) is 15.8. The van der Waals surface area contributed by atoms with E-state index < -0.39 is 11.7 Å². The number of piperidine rings is 1. The van der Waals surface area contributed by atoms with E-state index in [0.29, 0.717) is 41.5 Å². The molecule has 1 aliphatic rings. The van der Waals surface area contributed by atoms with Crippen LogP contribution in [0.3, 0.4) is 0 Å². The van der Waals surface area contributed by atoms with Gasteiger partial charge in [-0.15, -0.1) is 0 Å². The maximum atomic E-state index is 13.8. The first kappa shape index (κ1) is 25.8. The van der Waals surface area contributed by atoms with E-state index in [-0.39, 0.29) is 24.6 Å². The van der Waals surface area contributed by atoms with E-state index >= 15 is 0 Å². The number of carbonyl (C=O) groups is 1. The molecule has 0 spiro atoms. The van der Waals surface area contributed by atoms with Crippen molar-refractivity contribution in [1.29, 1.82) is 0 Å². The van der Waals surface area contributed by atoms with Crippen molar-refractivity contribution in [3.63, 3.8) is 0 Å². The van der Waals surface area contributed by atoms with E-state index in [1.807, 2.05) is 23.9 Å². The van der Waals surface area contributed by atoms with Crippen LogP contribution in [0.5, 0.6) is 0 Å². The zero-order valence-corrected chi connectivity index (χ0v) is 19.7. The van der Waals surface area contributed by atoms with Crippen molar-refractivity contribution in [2.75, 3.05) is 43.9 Å². The van der Waals surface area contributed by atoms with Crippen molar-refractivity contribution < 1.29 is 23.2 Å². The SMILES string of the molecule is CN(C)CCCC(=O)N(O)Cc1ccc(Nc2ccc(N3CCCCC3)c(C(F)(F)F)c2)cc1. The summed E-state index contributed by atoms with van der Waals surface area (Å²) >= 11 is 0. The van der Waals surface area contributed by atoms with E-state index in [0.717, 1.165) is 31.9 Å². The molecule has 6 nitrogen and oxygen atoms in total. The van der Waals surface area contributed by atoms with Crippen molar-refractivity contribution in [3.05, 3.63) is 53.6 Å². The molecular weight excluding hydrogens is 445 g/mol. The molecule has 0 aromatic heterocycles. The van der Waals surface area contributed by atoms with Crippen LogP contribution >= 0.6 is 0 Å². The molecule has 0 bridgehead atoms. The van der Waals surface area contributed by atoms with E-state index in [4.69, 9.17) is 0 Å². The van der Waals surface area contributed by atoms with Gasteiger partial charge in [-0.1, -0.05) is 12.1 Å². The average Bonchev–Trinajstić information content (AvgIpc) is 2.80. The molecule has 2 aromatic rings. The first-order valence-electron chi connectivity index (χ1n) is 11.6. The number of rotatable bonds is 9. The van der Waals surface area contributed by atoms with Gasteiger partial charge < -0.3 is 15.1 Å². The van der Waals surface area contributed by atoms with Crippen LogP contribution in [-0.4, -0.2) is 54.8 Å². The molecule has 0 unspecified atom stereocenters. The Labute approximate surface area is 198 Å². The summed E-state index contributed by atoms with van der Waals surface area (Å²) in [5.41, 5.74) is 1.27. The van der Waals surface area contributed by atoms with Gasteiger partial charge in [0.2, 0.25) is 5.91 Å². The summed E-state index contributed by atoms with van der Waals surface area (Å²) in [7, 11) is 3.84. The molecule has 0 radical (unpaired) electrons. The van der Waals surface area contributed by atoms with Gasteiger partial charge in [-0.25, -0.2) is 5.06 Å².